The average Bonchev–Trinajstić information content (AvgIpc) is 2.18. The highest BCUT2D eigenvalue weighted by molar-refractivity contribution is 5.23. The van der Waals surface area contributed by atoms with E-state index in [0.29, 0.717) is 5.41 Å². The van der Waals surface area contributed by atoms with Crippen molar-refractivity contribution in [1.82, 2.24) is 4.90 Å². The van der Waals surface area contributed by atoms with Gasteiger partial charge in [-0.05, 0) is 39.0 Å². The Morgan fingerprint density at radius 1 is 1.29 bits per heavy atom. The molecule has 2 rings (SSSR count). The van der Waals surface area contributed by atoms with Gasteiger partial charge in [-0.1, -0.05) is 19.4 Å². The summed E-state index contributed by atoms with van der Waals surface area (Å²) in [6.45, 7) is 9.77. The quantitative estimate of drug-likeness (QED) is 0.615. The lowest BCUT2D eigenvalue weighted by Gasteiger charge is -2.47. The fourth-order valence-corrected chi connectivity index (χ4v) is 3.28. The SMILES string of the molecule is CCC1(C)CCCN2CCCC(C)=C21. The van der Waals surface area contributed by atoms with Crippen molar-refractivity contribution in [1.29, 1.82) is 0 Å². The van der Waals surface area contributed by atoms with Crippen molar-refractivity contribution in [2.24, 2.45) is 5.41 Å². The second kappa shape index (κ2) is 3.60. The highest BCUT2D eigenvalue weighted by atomic mass is 15.2. The number of piperidine rings is 1. The molecular formula is C13H23N. The fourth-order valence-electron chi connectivity index (χ4n) is 3.28. The molecule has 1 heteroatoms. The summed E-state index contributed by atoms with van der Waals surface area (Å²) in [5.74, 6) is 0. The second-order valence-corrected chi connectivity index (χ2v) is 5.24. The maximum absolute atomic E-state index is 2.66. The predicted molar refractivity (Wildman–Crippen MR) is 61.1 cm³/mol. The number of hydrogen-bond donors (Lipinski definition) is 0. The van der Waals surface area contributed by atoms with Gasteiger partial charge in [-0.3, -0.25) is 0 Å². The first kappa shape index (κ1) is 10.1. The molecule has 2 aliphatic heterocycles. The van der Waals surface area contributed by atoms with Gasteiger partial charge in [0, 0.05) is 24.2 Å². The van der Waals surface area contributed by atoms with Crippen molar-refractivity contribution in [3.8, 4) is 0 Å². The predicted octanol–water partition coefficient (Wildman–Crippen LogP) is 3.57. The van der Waals surface area contributed by atoms with Gasteiger partial charge in [0.05, 0.1) is 0 Å². The topological polar surface area (TPSA) is 3.24 Å². The van der Waals surface area contributed by atoms with Crippen molar-refractivity contribution < 1.29 is 0 Å². The third-order valence-electron chi connectivity index (χ3n) is 4.21. The molecule has 0 aromatic heterocycles. The van der Waals surface area contributed by atoms with Gasteiger partial charge in [0.15, 0.2) is 0 Å². The summed E-state index contributed by atoms with van der Waals surface area (Å²) in [5, 5.41) is 0. The third-order valence-corrected chi connectivity index (χ3v) is 4.21. The Hall–Kier alpha value is -0.460. The van der Waals surface area contributed by atoms with Crippen LogP contribution in [0, 0.1) is 5.41 Å². The van der Waals surface area contributed by atoms with Crippen molar-refractivity contribution >= 4 is 0 Å². The summed E-state index contributed by atoms with van der Waals surface area (Å²) >= 11 is 0. The molecule has 1 saturated heterocycles. The van der Waals surface area contributed by atoms with E-state index in [1.54, 1.807) is 11.3 Å². The molecule has 0 bridgehead atoms. The molecule has 0 radical (unpaired) electrons. The zero-order valence-electron chi connectivity index (χ0n) is 9.90. The Labute approximate surface area is 88.2 Å². The van der Waals surface area contributed by atoms with Crippen molar-refractivity contribution in [2.75, 3.05) is 13.1 Å². The van der Waals surface area contributed by atoms with E-state index in [-0.39, 0.29) is 0 Å². The summed E-state index contributed by atoms with van der Waals surface area (Å²) in [5.41, 5.74) is 3.86. The Kier molecular flexibility index (Phi) is 2.59. The van der Waals surface area contributed by atoms with Gasteiger partial charge in [0.1, 0.15) is 0 Å². The van der Waals surface area contributed by atoms with E-state index in [2.05, 4.69) is 25.7 Å². The number of allylic oxidation sites excluding steroid dienone is 2. The van der Waals surface area contributed by atoms with Gasteiger partial charge in [-0.2, -0.15) is 0 Å². The van der Waals surface area contributed by atoms with Crippen LogP contribution >= 0.6 is 0 Å². The highest BCUT2D eigenvalue weighted by Gasteiger charge is 2.36. The van der Waals surface area contributed by atoms with Crippen LogP contribution in [0.2, 0.25) is 0 Å². The first-order chi connectivity index (χ1) is 6.67. The Morgan fingerprint density at radius 3 is 2.71 bits per heavy atom. The number of rotatable bonds is 1. The maximum atomic E-state index is 2.66. The van der Waals surface area contributed by atoms with Gasteiger partial charge in [0.2, 0.25) is 0 Å². The molecule has 80 valence electrons. The molecule has 0 aromatic rings. The number of nitrogens with zero attached hydrogens (tertiary/aromatic N) is 1. The molecule has 0 aliphatic carbocycles. The van der Waals surface area contributed by atoms with Gasteiger partial charge in [0.25, 0.3) is 0 Å². The van der Waals surface area contributed by atoms with E-state index in [1.807, 2.05) is 0 Å². The summed E-state index contributed by atoms with van der Waals surface area (Å²) in [6, 6.07) is 0. The van der Waals surface area contributed by atoms with Crippen LogP contribution < -0.4 is 0 Å². The van der Waals surface area contributed by atoms with E-state index in [1.165, 1.54) is 45.2 Å². The van der Waals surface area contributed by atoms with E-state index in [9.17, 15) is 0 Å². The molecule has 1 nitrogen and oxygen atoms in total. The van der Waals surface area contributed by atoms with E-state index < -0.39 is 0 Å². The van der Waals surface area contributed by atoms with Crippen LogP contribution in [0.3, 0.4) is 0 Å². The molecule has 0 amide bonds. The van der Waals surface area contributed by atoms with E-state index in [0.717, 1.165) is 0 Å². The van der Waals surface area contributed by atoms with Crippen LogP contribution in [0.15, 0.2) is 11.3 Å². The van der Waals surface area contributed by atoms with E-state index in [4.69, 9.17) is 0 Å². The van der Waals surface area contributed by atoms with Crippen LogP contribution in [0.5, 0.6) is 0 Å². The van der Waals surface area contributed by atoms with Crippen LogP contribution in [0.25, 0.3) is 0 Å². The van der Waals surface area contributed by atoms with Gasteiger partial charge >= 0.3 is 0 Å². The van der Waals surface area contributed by atoms with Gasteiger partial charge in [-0.25, -0.2) is 0 Å². The average molecular weight is 193 g/mol. The first-order valence-electron chi connectivity index (χ1n) is 6.12. The van der Waals surface area contributed by atoms with Crippen LogP contribution in [0.4, 0.5) is 0 Å². The third kappa shape index (κ3) is 1.47. The van der Waals surface area contributed by atoms with Crippen molar-refractivity contribution in [3.63, 3.8) is 0 Å². The summed E-state index contributed by atoms with van der Waals surface area (Å²) in [6.07, 6.45) is 6.79. The van der Waals surface area contributed by atoms with Crippen molar-refractivity contribution in [2.45, 2.75) is 52.9 Å². The minimum atomic E-state index is 0.489. The standard InChI is InChI=1S/C13H23N/c1-4-13(3)8-6-10-14-9-5-7-11(2)12(13)14/h4-10H2,1-3H3. The summed E-state index contributed by atoms with van der Waals surface area (Å²) < 4.78 is 0. The van der Waals surface area contributed by atoms with Crippen molar-refractivity contribution in [3.05, 3.63) is 11.3 Å². The Morgan fingerprint density at radius 2 is 2.00 bits per heavy atom. The van der Waals surface area contributed by atoms with E-state index >= 15 is 0 Å². The minimum Gasteiger partial charge on any atom is -0.374 e. The van der Waals surface area contributed by atoms with Crippen LogP contribution in [-0.4, -0.2) is 18.0 Å². The lowest BCUT2D eigenvalue weighted by molar-refractivity contribution is 0.151. The molecular weight excluding hydrogens is 170 g/mol. The van der Waals surface area contributed by atoms with Gasteiger partial charge < -0.3 is 4.90 Å². The Bertz CT molecular complexity index is 254. The molecule has 1 fully saturated rings. The maximum Gasteiger partial charge on any atom is 0.0182 e. The summed E-state index contributed by atoms with van der Waals surface area (Å²) in [4.78, 5) is 2.66. The number of hydrogen-bond acceptors (Lipinski definition) is 1. The molecule has 0 aromatic carbocycles. The van der Waals surface area contributed by atoms with Crippen LogP contribution in [-0.2, 0) is 0 Å². The molecule has 0 N–H and O–H groups in total. The second-order valence-electron chi connectivity index (χ2n) is 5.24. The molecule has 0 spiro atoms. The molecule has 0 saturated carbocycles. The molecule has 2 aliphatic rings. The largest absolute Gasteiger partial charge is 0.374 e. The lowest BCUT2D eigenvalue weighted by atomic mass is 9.73. The fraction of sp³-hybridized carbons (Fsp3) is 0.846. The smallest absolute Gasteiger partial charge is 0.0182 e. The highest BCUT2D eigenvalue weighted by Crippen LogP contribution is 2.45. The van der Waals surface area contributed by atoms with Gasteiger partial charge in [-0.15, -0.1) is 0 Å². The monoisotopic (exact) mass is 193 g/mol. The summed E-state index contributed by atoms with van der Waals surface area (Å²) in [7, 11) is 0. The lowest BCUT2D eigenvalue weighted by Crippen LogP contribution is -2.42. The van der Waals surface area contributed by atoms with Crippen LogP contribution in [0.1, 0.15) is 52.9 Å². The molecule has 1 atom stereocenters. The molecule has 14 heavy (non-hydrogen) atoms. The molecule has 2 heterocycles. The number of fused-ring (bicyclic) bond motifs is 1. The first-order valence-corrected chi connectivity index (χ1v) is 6.12. The molecule has 1 unspecified atom stereocenters. The Balaban J connectivity index is 2.35. The zero-order chi connectivity index (χ0) is 10.2. The zero-order valence-corrected chi connectivity index (χ0v) is 9.90. The minimum absolute atomic E-state index is 0.489. The normalized spacial score (nSPS) is 33.2.